The molecule has 1 atom stereocenters. The van der Waals surface area contributed by atoms with Crippen molar-refractivity contribution in [1.29, 1.82) is 0 Å². The number of hydrogen-bond donors (Lipinski definition) is 1. The second kappa shape index (κ2) is 7.49. The predicted octanol–water partition coefficient (Wildman–Crippen LogP) is 1.81. The van der Waals surface area contributed by atoms with E-state index in [4.69, 9.17) is 4.74 Å². The molecule has 2 heterocycles. The van der Waals surface area contributed by atoms with Crippen molar-refractivity contribution in [2.24, 2.45) is 0 Å². The number of hydrogen-bond acceptors (Lipinski definition) is 5. The molecular weight excluding hydrogens is 278 g/mol. The van der Waals surface area contributed by atoms with Crippen molar-refractivity contribution >= 4 is 0 Å². The summed E-state index contributed by atoms with van der Waals surface area (Å²) in [5.41, 5.74) is 0.605. The lowest BCUT2D eigenvalue weighted by Gasteiger charge is -2.40. The van der Waals surface area contributed by atoms with Gasteiger partial charge in [0, 0.05) is 31.5 Å². The van der Waals surface area contributed by atoms with Crippen molar-refractivity contribution in [3.8, 4) is 0 Å². The van der Waals surface area contributed by atoms with E-state index in [-0.39, 0.29) is 6.10 Å². The Bertz CT molecular complexity index is 448. The third-order valence-corrected chi connectivity index (χ3v) is 4.89. The number of β-amino-alcohol motifs (C(OH)–C–C–N with tert-alkyl or cyclic N) is 1. The lowest BCUT2D eigenvalue weighted by atomic mass is 9.84. The second-order valence-electron chi connectivity index (χ2n) is 6.75. The van der Waals surface area contributed by atoms with Gasteiger partial charge in [0.25, 0.3) is 0 Å². The maximum atomic E-state index is 10.7. The minimum absolute atomic E-state index is 0.246. The Labute approximate surface area is 132 Å². The summed E-state index contributed by atoms with van der Waals surface area (Å²) < 4.78 is 5.89. The Morgan fingerprint density at radius 2 is 2.18 bits per heavy atom. The van der Waals surface area contributed by atoms with E-state index in [0.29, 0.717) is 0 Å². The minimum Gasteiger partial charge on any atom is -0.389 e. The molecule has 1 aliphatic heterocycles. The molecule has 1 N–H and O–H groups in total. The van der Waals surface area contributed by atoms with Crippen LogP contribution in [0.25, 0.3) is 0 Å². The molecule has 0 radical (unpaired) electrons. The van der Waals surface area contributed by atoms with Gasteiger partial charge in [-0.3, -0.25) is 4.90 Å². The zero-order valence-corrected chi connectivity index (χ0v) is 13.3. The van der Waals surface area contributed by atoms with Gasteiger partial charge in [-0.25, -0.2) is 9.97 Å². The standard InChI is InChI=1S/C17H27N3O2/c21-17(7-2-1-3-8-17)13-20-10-11-22-16(12-20)5-4-15-6-9-18-14-19-15/h6,9,14,16,21H,1-5,7-8,10-13H2/t16-/m0/s1. The van der Waals surface area contributed by atoms with Crippen molar-refractivity contribution in [1.82, 2.24) is 14.9 Å². The highest BCUT2D eigenvalue weighted by molar-refractivity contribution is 4.98. The summed E-state index contributed by atoms with van der Waals surface area (Å²) in [7, 11) is 0. The first-order valence-electron chi connectivity index (χ1n) is 8.55. The quantitative estimate of drug-likeness (QED) is 0.899. The molecule has 2 aliphatic rings. The van der Waals surface area contributed by atoms with Gasteiger partial charge in [0.1, 0.15) is 6.33 Å². The number of nitrogens with zero attached hydrogens (tertiary/aromatic N) is 3. The van der Waals surface area contributed by atoms with E-state index >= 15 is 0 Å². The molecule has 0 amide bonds. The van der Waals surface area contributed by atoms with Gasteiger partial charge >= 0.3 is 0 Å². The molecule has 5 heteroatoms. The van der Waals surface area contributed by atoms with Crippen LogP contribution in [0.3, 0.4) is 0 Å². The van der Waals surface area contributed by atoms with Crippen LogP contribution in [0.15, 0.2) is 18.6 Å². The summed E-state index contributed by atoms with van der Waals surface area (Å²) in [6, 6.07) is 1.96. The van der Waals surface area contributed by atoms with E-state index in [2.05, 4.69) is 14.9 Å². The van der Waals surface area contributed by atoms with Gasteiger partial charge in [0.15, 0.2) is 0 Å². The van der Waals surface area contributed by atoms with Crippen LogP contribution < -0.4 is 0 Å². The van der Waals surface area contributed by atoms with E-state index in [0.717, 1.165) is 70.5 Å². The molecular formula is C17H27N3O2. The third kappa shape index (κ3) is 4.48. The van der Waals surface area contributed by atoms with Gasteiger partial charge in [-0.2, -0.15) is 0 Å². The summed E-state index contributed by atoms with van der Waals surface area (Å²) in [6.45, 7) is 3.44. The average molecular weight is 305 g/mol. The van der Waals surface area contributed by atoms with Crippen molar-refractivity contribution in [2.45, 2.75) is 56.7 Å². The lowest BCUT2D eigenvalue weighted by molar-refractivity contribution is -0.0769. The Morgan fingerprint density at radius 3 is 2.95 bits per heavy atom. The summed E-state index contributed by atoms with van der Waals surface area (Å²) in [5.74, 6) is 0. The lowest BCUT2D eigenvalue weighted by Crippen LogP contribution is -2.50. The van der Waals surface area contributed by atoms with Crippen molar-refractivity contribution in [3.05, 3.63) is 24.3 Å². The average Bonchev–Trinajstić information content (AvgIpc) is 2.54. The van der Waals surface area contributed by atoms with E-state index in [1.165, 1.54) is 6.42 Å². The fourth-order valence-corrected chi connectivity index (χ4v) is 3.66. The van der Waals surface area contributed by atoms with Crippen LogP contribution in [0, 0.1) is 0 Å². The third-order valence-electron chi connectivity index (χ3n) is 4.89. The number of rotatable bonds is 5. The number of morpholine rings is 1. The molecule has 1 saturated heterocycles. The summed E-state index contributed by atoms with van der Waals surface area (Å²) in [5, 5.41) is 10.7. The second-order valence-corrected chi connectivity index (χ2v) is 6.75. The van der Waals surface area contributed by atoms with Gasteiger partial charge in [-0.1, -0.05) is 19.3 Å². The van der Waals surface area contributed by atoms with E-state index in [9.17, 15) is 5.11 Å². The molecule has 22 heavy (non-hydrogen) atoms. The minimum atomic E-state index is -0.465. The van der Waals surface area contributed by atoms with Gasteiger partial charge < -0.3 is 9.84 Å². The number of aliphatic hydroxyl groups is 1. The molecule has 0 bridgehead atoms. The van der Waals surface area contributed by atoms with E-state index in [1.54, 1.807) is 12.5 Å². The molecule has 1 aliphatic carbocycles. The number of aromatic nitrogens is 2. The number of ether oxygens (including phenoxy) is 1. The van der Waals surface area contributed by atoms with Crippen LogP contribution in [0.2, 0.25) is 0 Å². The molecule has 0 aromatic carbocycles. The van der Waals surface area contributed by atoms with Crippen molar-refractivity contribution < 1.29 is 9.84 Å². The fourth-order valence-electron chi connectivity index (χ4n) is 3.66. The van der Waals surface area contributed by atoms with Crippen LogP contribution in [0.5, 0.6) is 0 Å². The zero-order chi connectivity index (χ0) is 15.3. The molecule has 5 nitrogen and oxygen atoms in total. The monoisotopic (exact) mass is 305 g/mol. The fraction of sp³-hybridized carbons (Fsp3) is 0.765. The first-order chi connectivity index (χ1) is 10.7. The Hall–Kier alpha value is -1.04. The maximum absolute atomic E-state index is 10.7. The van der Waals surface area contributed by atoms with E-state index < -0.39 is 5.60 Å². The summed E-state index contributed by atoms with van der Waals surface area (Å²) in [6.07, 6.45) is 11.0. The van der Waals surface area contributed by atoms with Crippen LogP contribution in [-0.2, 0) is 11.2 Å². The highest BCUT2D eigenvalue weighted by atomic mass is 16.5. The van der Waals surface area contributed by atoms with Crippen molar-refractivity contribution in [2.75, 3.05) is 26.2 Å². The Balaban J connectivity index is 1.46. The van der Waals surface area contributed by atoms with Crippen LogP contribution in [-0.4, -0.2) is 57.9 Å². The first kappa shape index (κ1) is 15.8. The predicted molar refractivity (Wildman–Crippen MR) is 84.6 cm³/mol. The van der Waals surface area contributed by atoms with Crippen LogP contribution >= 0.6 is 0 Å². The SMILES string of the molecule is OC1(CN2CCO[C@@H](CCc3ccncn3)C2)CCCCC1. The molecule has 3 rings (SSSR count). The molecule has 1 saturated carbocycles. The molecule has 0 unspecified atom stereocenters. The normalized spacial score (nSPS) is 26.0. The highest BCUT2D eigenvalue weighted by Crippen LogP contribution is 2.29. The van der Waals surface area contributed by atoms with Gasteiger partial charge in [-0.15, -0.1) is 0 Å². The van der Waals surface area contributed by atoms with Gasteiger partial charge in [-0.05, 0) is 31.7 Å². The van der Waals surface area contributed by atoms with E-state index in [1.807, 2.05) is 6.07 Å². The molecule has 1 aromatic rings. The smallest absolute Gasteiger partial charge is 0.115 e. The van der Waals surface area contributed by atoms with Gasteiger partial charge in [0.2, 0.25) is 0 Å². The van der Waals surface area contributed by atoms with Crippen LogP contribution in [0.4, 0.5) is 0 Å². The Kier molecular flexibility index (Phi) is 5.39. The Morgan fingerprint density at radius 1 is 1.32 bits per heavy atom. The topological polar surface area (TPSA) is 58.5 Å². The largest absolute Gasteiger partial charge is 0.389 e. The highest BCUT2D eigenvalue weighted by Gasteiger charge is 2.33. The molecule has 0 spiro atoms. The maximum Gasteiger partial charge on any atom is 0.115 e. The van der Waals surface area contributed by atoms with Crippen LogP contribution in [0.1, 0.15) is 44.2 Å². The molecule has 122 valence electrons. The molecule has 2 fully saturated rings. The summed E-state index contributed by atoms with van der Waals surface area (Å²) >= 11 is 0. The number of aryl methyl sites for hydroxylation is 1. The van der Waals surface area contributed by atoms with Gasteiger partial charge in [0.05, 0.1) is 18.3 Å². The first-order valence-corrected chi connectivity index (χ1v) is 8.55. The zero-order valence-electron chi connectivity index (χ0n) is 13.3. The summed E-state index contributed by atoms with van der Waals surface area (Å²) in [4.78, 5) is 10.6. The molecule has 1 aromatic heterocycles. The van der Waals surface area contributed by atoms with Crippen molar-refractivity contribution in [3.63, 3.8) is 0 Å².